The number of fused-ring (bicyclic) bond motifs is 1. The summed E-state index contributed by atoms with van der Waals surface area (Å²) in [6.45, 7) is 0.738. The zero-order valence-corrected chi connectivity index (χ0v) is 9.53. The van der Waals surface area contributed by atoms with Gasteiger partial charge in [-0.25, -0.2) is 8.42 Å². The highest BCUT2D eigenvalue weighted by atomic mass is 32.2. The van der Waals surface area contributed by atoms with Crippen molar-refractivity contribution >= 4 is 15.9 Å². The molecule has 0 aromatic rings. The molecule has 86 valence electrons. The van der Waals surface area contributed by atoms with E-state index in [4.69, 9.17) is 4.74 Å². The lowest BCUT2D eigenvalue weighted by molar-refractivity contribution is -0.150. The van der Waals surface area contributed by atoms with Crippen molar-refractivity contribution in [3.8, 4) is 0 Å². The predicted molar refractivity (Wildman–Crippen MR) is 52.7 cm³/mol. The summed E-state index contributed by atoms with van der Waals surface area (Å²) in [5.41, 5.74) is 0. The topological polar surface area (TPSA) is 66.9 Å². The average molecular weight is 234 g/mol. The molecule has 1 amide bonds. The van der Waals surface area contributed by atoms with Gasteiger partial charge in [-0.05, 0) is 0 Å². The summed E-state index contributed by atoms with van der Waals surface area (Å²) in [6.07, 6.45) is 0.994. The van der Waals surface area contributed by atoms with Crippen molar-refractivity contribution in [2.24, 2.45) is 0 Å². The second-order valence-electron chi connectivity index (χ2n) is 4.00. The van der Waals surface area contributed by atoms with Crippen molar-refractivity contribution in [3.63, 3.8) is 0 Å². The van der Waals surface area contributed by atoms with E-state index in [1.165, 1.54) is 10.6 Å². The van der Waals surface area contributed by atoms with Crippen molar-refractivity contribution in [2.75, 3.05) is 33.0 Å². The molecule has 2 unspecified atom stereocenters. The molecule has 2 saturated heterocycles. The quantitative estimate of drug-likeness (QED) is 0.553. The molecule has 0 spiro atoms. The molecule has 0 saturated carbocycles. The van der Waals surface area contributed by atoms with E-state index < -0.39 is 10.0 Å². The molecule has 2 atom stereocenters. The number of morpholine rings is 1. The second-order valence-corrected chi connectivity index (χ2v) is 5.98. The van der Waals surface area contributed by atoms with Crippen LogP contribution in [0.5, 0.6) is 0 Å². The molecule has 2 fully saturated rings. The average Bonchev–Trinajstić information content (AvgIpc) is 2.55. The maximum atomic E-state index is 11.3. The number of rotatable bonds is 1. The summed E-state index contributed by atoms with van der Waals surface area (Å²) in [6, 6.07) is -0.138. The minimum atomic E-state index is -3.19. The Bertz CT molecular complexity index is 380. The van der Waals surface area contributed by atoms with Crippen LogP contribution in [0.3, 0.4) is 0 Å². The van der Waals surface area contributed by atoms with Gasteiger partial charge in [0.05, 0.1) is 18.4 Å². The van der Waals surface area contributed by atoms with E-state index in [0.717, 1.165) is 0 Å². The highest BCUT2D eigenvalue weighted by Gasteiger charge is 2.44. The van der Waals surface area contributed by atoms with Crippen LogP contribution in [0.1, 0.15) is 0 Å². The van der Waals surface area contributed by atoms with Crippen LogP contribution in [-0.2, 0) is 19.6 Å². The maximum absolute atomic E-state index is 11.3. The number of amides is 1. The highest BCUT2D eigenvalue weighted by Crippen LogP contribution is 2.23. The molecule has 0 aliphatic carbocycles. The first-order chi connectivity index (χ1) is 6.89. The van der Waals surface area contributed by atoms with E-state index in [1.807, 2.05) is 0 Å². The van der Waals surface area contributed by atoms with Gasteiger partial charge < -0.3 is 9.64 Å². The van der Waals surface area contributed by atoms with Gasteiger partial charge in [-0.2, -0.15) is 4.31 Å². The molecule has 0 aromatic carbocycles. The number of carbonyl (C=O) groups excluding carboxylic acids is 1. The number of hydrogen-bond donors (Lipinski definition) is 0. The monoisotopic (exact) mass is 234 g/mol. The molecule has 15 heavy (non-hydrogen) atoms. The Labute approximate surface area is 88.8 Å². The largest absolute Gasteiger partial charge is 0.365 e. The summed E-state index contributed by atoms with van der Waals surface area (Å²) in [7, 11) is -1.50. The number of hydrogen-bond acceptors (Lipinski definition) is 4. The molecule has 6 nitrogen and oxygen atoms in total. The van der Waals surface area contributed by atoms with Gasteiger partial charge in [0, 0.05) is 20.1 Å². The van der Waals surface area contributed by atoms with Crippen LogP contribution in [0.25, 0.3) is 0 Å². The van der Waals surface area contributed by atoms with Gasteiger partial charge in [-0.1, -0.05) is 0 Å². The first kappa shape index (κ1) is 10.8. The van der Waals surface area contributed by atoms with E-state index >= 15 is 0 Å². The number of carbonyl (C=O) groups is 1. The number of ether oxygens (including phenoxy) is 1. The summed E-state index contributed by atoms with van der Waals surface area (Å²) >= 11 is 0. The fraction of sp³-hybridized carbons (Fsp3) is 0.875. The van der Waals surface area contributed by atoms with Gasteiger partial charge in [0.25, 0.3) is 0 Å². The lowest BCUT2D eigenvalue weighted by atomic mass is 10.1. The lowest BCUT2D eigenvalue weighted by Crippen LogP contribution is -2.51. The van der Waals surface area contributed by atoms with E-state index in [-0.39, 0.29) is 24.7 Å². The van der Waals surface area contributed by atoms with E-state index in [9.17, 15) is 13.2 Å². The Hall–Kier alpha value is -0.660. The van der Waals surface area contributed by atoms with Crippen molar-refractivity contribution in [3.05, 3.63) is 0 Å². The number of nitrogens with zero attached hydrogens (tertiary/aromatic N) is 2. The van der Waals surface area contributed by atoms with Crippen LogP contribution in [-0.4, -0.2) is 68.7 Å². The lowest BCUT2D eigenvalue weighted by Gasteiger charge is -2.33. The van der Waals surface area contributed by atoms with Crippen molar-refractivity contribution in [1.29, 1.82) is 0 Å². The standard InChI is InChI=1S/C8H14N2O4S/c1-9-6-3-10(15(2,12)13)4-7(6)14-5-8(9)11/h6-7H,3-5H2,1-2H3. The minimum absolute atomic E-state index is 0.0509. The third-order valence-electron chi connectivity index (χ3n) is 2.98. The second kappa shape index (κ2) is 3.43. The van der Waals surface area contributed by atoms with Gasteiger partial charge >= 0.3 is 0 Å². The Balaban J connectivity index is 2.16. The molecular weight excluding hydrogens is 220 g/mol. The fourth-order valence-corrected chi connectivity index (χ4v) is 2.84. The summed E-state index contributed by atoms with van der Waals surface area (Å²) in [5, 5.41) is 0. The minimum Gasteiger partial charge on any atom is -0.365 e. The van der Waals surface area contributed by atoms with Gasteiger partial charge in [-0.15, -0.1) is 0 Å². The highest BCUT2D eigenvalue weighted by molar-refractivity contribution is 7.88. The smallest absolute Gasteiger partial charge is 0.248 e. The molecular formula is C8H14N2O4S. The Kier molecular flexibility index (Phi) is 2.48. The van der Waals surface area contributed by atoms with Crippen molar-refractivity contribution in [2.45, 2.75) is 12.1 Å². The van der Waals surface area contributed by atoms with E-state index in [1.54, 1.807) is 11.9 Å². The third-order valence-corrected chi connectivity index (χ3v) is 4.22. The molecule has 7 heteroatoms. The molecule has 0 N–H and O–H groups in total. The molecule has 2 rings (SSSR count). The Morgan fingerprint density at radius 1 is 1.40 bits per heavy atom. The van der Waals surface area contributed by atoms with Crippen LogP contribution >= 0.6 is 0 Å². The first-order valence-corrected chi connectivity index (χ1v) is 6.57. The maximum Gasteiger partial charge on any atom is 0.248 e. The number of likely N-dealkylation sites (N-methyl/N-ethyl adjacent to an activating group) is 1. The first-order valence-electron chi connectivity index (χ1n) is 4.72. The van der Waals surface area contributed by atoms with Crippen LogP contribution in [0.2, 0.25) is 0 Å². The zero-order valence-electron chi connectivity index (χ0n) is 8.71. The van der Waals surface area contributed by atoms with Gasteiger partial charge in [-0.3, -0.25) is 4.79 Å². The molecule has 0 radical (unpaired) electrons. The SMILES string of the molecule is CN1C(=O)COC2CN(S(C)(=O)=O)CC21. The van der Waals surface area contributed by atoms with Gasteiger partial charge in [0.15, 0.2) is 0 Å². The third kappa shape index (κ3) is 1.86. The molecule has 0 bridgehead atoms. The van der Waals surface area contributed by atoms with Crippen molar-refractivity contribution in [1.82, 2.24) is 9.21 Å². The summed E-state index contributed by atoms with van der Waals surface area (Å²) in [5.74, 6) is -0.0911. The van der Waals surface area contributed by atoms with E-state index in [0.29, 0.717) is 13.1 Å². The Morgan fingerprint density at radius 2 is 2.07 bits per heavy atom. The van der Waals surface area contributed by atoms with Crippen LogP contribution in [0.15, 0.2) is 0 Å². The van der Waals surface area contributed by atoms with E-state index in [2.05, 4.69) is 0 Å². The zero-order chi connectivity index (χ0) is 11.2. The van der Waals surface area contributed by atoms with Crippen LogP contribution in [0, 0.1) is 0 Å². The summed E-state index contributed by atoms with van der Waals surface area (Å²) in [4.78, 5) is 12.9. The Morgan fingerprint density at radius 3 is 2.67 bits per heavy atom. The molecule has 2 aliphatic rings. The molecule has 2 aliphatic heterocycles. The normalized spacial score (nSPS) is 33.2. The fourth-order valence-electron chi connectivity index (χ4n) is 1.99. The van der Waals surface area contributed by atoms with Gasteiger partial charge in [0.2, 0.25) is 15.9 Å². The molecule has 2 heterocycles. The summed E-state index contributed by atoms with van der Waals surface area (Å²) < 4.78 is 29.3. The van der Waals surface area contributed by atoms with Crippen molar-refractivity contribution < 1.29 is 17.9 Å². The predicted octanol–water partition coefficient (Wildman–Crippen LogP) is -1.51. The molecule has 0 aromatic heterocycles. The van der Waals surface area contributed by atoms with Crippen LogP contribution < -0.4 is 0 Å². The van der Waals surface area contributed by atoms with Crippen LogP contribution in [0.4, 0.5) is 0 Å². The number of sulfonamides is 1. The van der Waals surface area contributed by atoms with Gasteiger partial charge in [0.1, 0.15) is 6.61 Å².